The van der Waals surface area contributed by atoms with Gasteiger partial charge in [-0.25, -0.2) is 4.98 Å². The van der Waals surface area contributed by atoms with Crippen molar-refractivity contribution in [3.8, 4) is 0 Å². The van der Waals surface area contributed by atoms with Gasteiger partial charge >= 0.3 is 6.18 Å². The Kier molecular flexibility index (Phi) is 6.11. The van der Waals surface area contributed by atoms with E-state index in [4.69, 9.17) is 17.0 Å². The zero-order valence-corrected chi connectivity index (χ0v) is 18.3. The Hall–Kier alpha value is -3.40. The van der Waals surface area contributed by atoms with E-state index < -0.39 is 17.6 Å². The number of alkyl halides is 3. The topological polar surface area (TPSA) is 95.7 Å². The van der Waals surface area contributed by atoms with E-state index in [0.29, 0.717) is 12.4 Å². The molecule has 0 saturated heterocycles. The number of halogens is 4. The van der Waals surface area contributed by atoms with Crippen molar-refractivity contribution in [2.45, 2.75) is 39.0 Å². The first kappa shape index (κ1) is 22.8. The average Bonchev–Trinajstić information content (AvgIpc) is 3.33. The van der Waals surface area contributed by atoms with Gasteiger partial charge in [-0.2, -0.15) is 18.3 Å². The molecule has 0 aliphatic carbocycles. The highest BCUT2D eigenvalue weighted by Crippen LogP contribution is 2.31. The number of nitrogens with zero attached hydrogens (tertiary/aromatic N) is 3. The summed E-state index contributed by atoms with van der Waals surface area (Å²) in [5.41, 5.74) is 1.74. The van der Waals surface area contributed by atoms with Crippen molar-refractivity contribution in [3.63, 3.8) is 0 Å². The van der Waals surface area contributed by atoms with Gasteiger partial charge in [0.15, 0.2) is 0 Å². The van der Waals surface area contributed by atoms with E-state index >= 15 is 0 Å². The third kappa shape index (κ3) is 4.85. The third-order valence-electron chi connectivity index (χ3n) is 5.26. The van der Waals surface area contributed by atoms with Crippen LogP contribution in [0.2, 0.25) is 5.02 Å². The van der Waals surface area contributed by atoms with Gasteiger partial charge in [0.25, 0.3) is 5.91 Å². The molecule has 1 aromatic carbocycles. The van der Waals surface area contributed by atoms with Crippen LogP contribution in [0.25, 0.3) is 0 Å². The van der Waals surface area contributed by atoms with E-state index in [0.717, 1.165) is 49.3 Å². The molecule has 2 aromatic heterocycles. The number of pyridine rings is 1. The van der Waals surface area contributed by atoms with Gasteiger partial charge in [-0.3, -0.25) is 9.48 Å². The summed E-state index contributed by atoms with van der Waals surface area (Å²) >= 11 is 6.45. The number of aromatic nitrogens is 3. The van der Waals surface area contributed by atoms with Gasteiger partial charge < -0.3 is 16.0 Å². The molecule has 4 rings (SSSR count). The highest BCUT2D eigenvalue weighted by molar-refractivity contribution is 6.38. The van der Waals surface area contributed by atoms with Crippen LogP contribution in [0.5, 0.6) is 0 Å². The molecule has 1 aliphatic heterocycles. The standard InChI is InChI=1S/C22H20ClF3N6O/c1-12(27)18-19(23)17(21(33)30-14-6-4-13(5-7-14)22(24,25)26)11-29-20(18)28-10-15-9-16-3-2-8-32(16)31-15/h4-7,9,11,27H,2-3,8,10H2,1H3,(H,28,29)(H,30,33). The van der Waals surface area contributed by atoms with Crippen LogP contribution >= 0.6 is 11.6 Å². The fraction of sp³-hybridized carbons (Fsp3) is 0.273. The lowest BCUT2D eigenvalue weighted by Crippen LogP contribution is -2.16. The summed E-state index contributed by atoms with van der Waals surface area (Å²) in [6.07, 6.45) is -1.12. The zero-order chi connectivity index (χ0) is 23.8. The van der Waals surface area contributed by atoms with Gasteiger partial charge in [0.1, 0.15) is 5.82 Å². The van der Waals surface area contributed by atoms with E-state index in [1.807, 2.05) is 10.7 Å². The quantitative estimate of drug-likeness (QED) is 0.429. The van der Waals surface area contributed by atoms with Crippen LogP contribution in [-0.4, -0.2) is 26.4 Å². The van der Waals surface area contributed by atoms with Crippen molar-refractivity contribution >= 4 is 34.7 Å². The number of fused-ring (bicyclic) bond motifs is 1. The molecular weight excluding hydrogens is 457 g/mol. The molecule has 0 fully saturated rings. The third-order valence-corrected chi connectivity index (χ3v) is 5.65. The number of hydrogen-bond acceptors (Lipinski definition) is 5. The number of carbonyl (C=O) groups is 1. The lowest BCUT2D eigenvalue weighted by atomic mass is 10.1. The summed E-state index contributed by atoms with van der Waals surface area (Å²) in [6.45, 7) is 2.80. The van der Waals surface area contributed by atoms with E-state index in [-0.39, 0.29) is 27.5 Å². The molecule has 7 nitrogen and oxygen atoms in total. The largest absolute Gasteiger partial charge is 0.416 e. The Morgan fingerprint density at radius 1 is 1.27 bits per heavy atom. The molecule has 0 spiro atoms. The smallest absolute Gasteiger partial charge is 0.364 e. The Bertz CT molecular complexity index is 1200. The van der Waals surface area contributed by atoms with Gasteiger partial charge in [-0.05, 0) is 50.1 Å². The molecule has 3 aromatic rings. The summed E-state index contributed by atoms with van der Waals surface area (Å²) in [5.74, 6) is -0.307. The van der Waals surface area contributed by atoms with Crippen molar-refractivity contribution in [1.29, 1.82) is 5.41 Å². The number of amides is 1. The molecule has 1 aliphatic rings. The molecule has 0 radical (unpaired) electrons. The lowest BCUT2D eigenvalue weighted by molar-refractivity contribution is -0.137. The highest BCUT2D eigenvalue weighted by Gasteiger charge is 2.30. The Labute approximate surface area is 192 Å². The first-order chi connectivity index (χ1) is 15.6. The van der Waals surface area contributed by atoms with Crippen molar-refractivity contribution < 1.29 is 18.0 Å². The second-order valence-corrected chi connectivity index (χ2v) is 8.05. The summed E-state index contributed by atoms with van der Waals surface area (Å²) < 4.78 is 40.1. The Morgan fingerprint density at radius 3 is 2.64 bits per heavy atom. The van der Waals surface area contributed by atoms with Crippen molar-refractivity contribution in [3.05, 3.63) is 69.6 Å². The van der Waals surface area contributed by atoms with E-state index in [1.165, 1.54) is 18.8 Å². The van der Waals surface area contributed by atoms with Crippen molar-refractivity contribution in [2.75, 3.05) is 10.6 Å². The number of hydrogen-bond donors (Lipinski definition) is 3. The van der Waals surface area contributed by atoms with Gasteiger partial charge in [-0.15, -0.1) is 0 Å². The maximum Gasteiger partial charge on any atom is 0.416 e. The number of aryl methyl sites for hydroxylation is 2. The van der Waals surface area contributed by atoms with Gasteiger partial charge in [0.05, 0.1) is 34.0 Å². The number of carbonyl (C=O) groups excluding carboxylic acids is 1. The fourth-order valence-electron chi connectivity index (χ4n) is 3.64. The second-order valence-electron chi connectivity index (χ2n) is 7.67. The van der Waals surface area contributed by atoms with Gasteiger partial charge in [0, 0.05) is 29.8 Å². The lowest BCUT2D eigenvalue weighted by Gasteiger charge is -2.14. The van der Waals surface area contributed by atoms with Gasteiger partial charge in [0.2, 0.25) is 0 Å². The van der Waals surface area contributed by atoms with Crippen LogP contribution in [0.3, 0.4) is 0 Å². The maximum atomic E-state index is 12.7. The zero-order valence-electron chi connectivity index (χ0n) is 17.6. The Balaban J connectivity index is 1.52. The summed E-state index contributed by atoms with van der Waals surface area (Å²) in [5, 5.41) is 18.3. The van der Waals surface area contributed by atoms with E-state index in [2.05, 4.69) is 20.7 Å². The average molecular weight is 477 g/mol. The van der Waals surface area contributed by atoms with E-state index in [9.17, 15) is 18.0 Å². The number of nitrogens with one attached hydrogen (secondary N) is 3. The second kappa shape index (κ2) is 8.86. The van der Waals surface area contributed by atoms with Crippen molar-refractivity contribution in [2.24, 2.45) is 0 Å². The molecule has 0 bridgehead atoms. The minimum absolute atomic E-state index is 0.00434. The monoisotopic (exact) mass is 476 g/mol. The first-order valence-corrected chi connectivity index (χ1v) is 10.5. The number of benzene rings is 1. The summed E-state index contributed by atoms with van der Waals surface area (Å²) in [6, 6.07) is 6.08. The predicted molar refractivity (Wildman–Crippen MR) is 119 cm³/mol. The van der Waals surface area contributed by atoms with E-state index in [1.54, 1.807) is 0 Å². The first-order valence-electron chi connectivity index (χ1n) is 10.2. The van der Waals surface area contributed by atoms with Crippen LogP contribution in [-0.2, 0) is 25.7 Å². The fourth-order valence-corrected chi connectivity index (χ4v) is 4.01. The summed E-state index contributed by atoms with van der Waals surface area (Å²) in [4.78, 5) is 17.0. The van der Waals surface area contributed by atoms with Crippen molar-refractivity contribution in [1.82, 2.24) is 14.8 Å². The van der Waals surface area contributed by atoms with Gasteiger partial charge in [-0.1, -0.05) is 11.6 Å². The minimum Gasteiger partial charge on any atom is -0.364 e. The van der Waals surface area contributed by atoms with Crippen LogP contribution in [0, 0.1) is 5.41 Å². The molecule has 1 amide bonds. The van der Waals surface area contributed by atoms with Crippen LogP contribution in [0.4, 0.5) is 24.7 Å². The molecular formula is C22H20ClF3N6O. The normalized spacial score (nSPS) is 13.0. The molecule has 11 heteroatoms. The molecule has 3 heterocycles. The number of anilines is 2. The highest BCUT2D eigenvalue weighted by atomic mass is 35.5. The predicted octanol–water partition coefficient (Wildman–Crippen LogP) is 5.15. The summed E-state index contributed by atoms with van der Waals surface area (Å²) in [7, 11) is 0. The molecule has 0 saturated carbocycles. The maximum absolute atomic E-state index is 12.7. The molecule has 0 atom stereocenters. The SMILES string of the molecule is CC(=N)c1c(NCc2cc3n(n2)CCC3)ncc(C(=O)Nc2ccc(C(F)(F)F)cc2)c1Cl. The van der Waals surface area contributed by atoms with Crippen LogP contribution in [0.1, 0.15) is 46.2 Å². The molecule has 0 unspecified atom stereocenters. The van der Waals surface area contributed by atoms with Crippen LogP contribution in [0.15, 0.2) is 36.5 Å². The molecule has 3 N–H and O–H groups in total. The Morgan fingerprint density at radius 2 is 2.00 bits per heavy atom. The minimum atomic E-state index is -4.47. The molecule has 33 heavy (non-hydrogen) atoms. The molecule has 172 valence electrons. The van der Waals surface area contributed by atoms with Crippen LogP contribution < -0.4 is 10.6 Å². The number of rotatable bonds is 6.